The molecule has 1 saturated heterocycles. The number of hydrogen-bond donors (Lipinski definition) is 2. The van der Waals surface area contributed by atoms with Crippen LogP contribution in [0.5, 0.6) is 0 Å². The molecule has 1 fully saturated rings. The topological polar surface area (TPSA) is 109 Å². The molecule has 4 rings (SSSR count). The molecule has 2 amide bonds. The summed E-state index contributed by atoms with van der Waals surface area (Å²) in [6, 6.07) is 9.72. The predicted octanol–water partition coefficient (Wildman–Crippen LogP) is 3.65. The molecule has 0 atom stereocenters. The number of nitrogens with one attached hydrogen (secondary N) is 2. The highest BCUT2D eigenvalue weighted by Crippen LogP contribution is 2.25. The number of rotatable bonds is 5. The summed E-state index contributed by atoms with van der Waals surface area (Å²) in [5.74, 6) is 0.559. The van der Waals surface area contributed by atoms with Crippen LogP contribution < -0.4 is 10.6 Å². The zero-order chi connectivity index (χ0) is 22.5. The third-order valence-electron chi connectivity index (χ3n) is 4.66. The van der Waals surface area contributed by atoms with E-state index in [1.165, 1.54) is 18.6 Å². The van der Waals surface area contributed by atoms with Crippen molar-refractivity contribution in [1.29, 1.82) is 0 Å². The average molecular weight is 473 g/mol. The van der Waals surface area contributed by atoms with E-state index in [4.69, 9.17) is 27.9 Å². The van der Waals surface area contributed by atoms with Gasteiger partial charge in [0.25, 0.3) is 11.8 Å². The molecule has 0 bridgehead atoms. The summed E-state index contributed by atoms with van der Waals surface area (Å²) in [4.78, 5) is 39.2. The number of hydrogen-bond acceptors (Lipinski definition) is 7. The number of nitrogens with zero attached hydrogens (tertiary/aromatic N) is 4. The molecule has 9 nitrogen and oxygen atoms in total. The molecule has 1 aromatic carbocycles. The normalized spacial score (nSPS) is 13.5. The maximum absolute atomic E-state index is 12.5. The minimum atomic E-state index is -0.491. The molecule has 0 aliphatic carbocycles. The molecule has 32 heavy (non-hydrogen) atoms. The van der Waals surface area contributed by atoms with Gasteiger partial charge in [0.15, 0.2) is 0 Å². The van der Waals surface area contributed by atoms with Gasteiger partial charge in [-0.2, -0.15) is 0 Å². The van der Waals surface area contributed by atoms with Crippen molar-refractivity contribution in [3.63, 3.8) is 0 Å². The van der Waals surface area contributed by atoms with E-state index in [0.717, 1.165) is 0 Å². The Kier molecular flexibility index (Phi) is 6.79. The summed E-state index contributed by atoms with van der Waals surface area (Å²) in [7, 11) is 0. The second-order valence-electron chi connectivity index (χ2n) is 6.80. The molecule has 2 N–H and O–H groups in total. The highest BCUT2D eigenvalue weighted by Gasteiger charge is 2.19. The summed E-state index contributed by atoms with van der Waals surface area (Å²) in [5, 5.41) is 6.13. The van der Waals surface area contributed by atoms with Crippen LogP contribution in [0.15, 0.2) is 48.9 Å². The maximum Gasteiger partial charge on any atom is 0.259 e. The second-order valence-corrected chi connectivity index (χ2v) is 7.62. The van der Waals surface area contributed by atoms with Crippen molar-refractivity contribution >= 4 is 52.5 Å². The molecule has 3 aromatic rings. The van der Waals surface area contributed by atoms with Crippen molar-refractivity contribution in [3.8, 4) is 0 Å². The molecule has 0 spiro atoms. The van der Waals surface area contributed by atoms with Crippen LogP contribution in [0.4, 0.5) is 17.5 Å². The van der Waals surface area contributed by atoms with E-state index in [-0.39, 0.29) is 27.3 Å². The summed E-state index contributed by atoms with van der Waals surface area (Å²) >= 11 is 12.2. The van der Waals surface area contributed by atoms with Gasteiger partial charge < -0.3 is 20.3 Å². The first kappa shape index (κ1) is 21.9. The Morgan fingerprint density at radius 2 is 1.66 bits per heavy atom. The van der Waals surface area contributed by atoms with Gasteiger partial charge >= 0.3 is 0 Å². The highest BCUT2D eigenvalue weighted by molar-refractivity contribution is 6.40. The fourth-order valence-corrected chi connectivity index (χ4v) is 3.63. The Morgan fingerprint density at radius 1 is 0.938 bits per heavy atom. The van der Waals surface area contributed by atoms with Gasteiger partial charge in [0.1, 0.15) is 23.8 Å². The second kappa shape index (κ2) is 9.90. The average Bonchev–Trinajstić information content (AvgIpc) is 2.80. The maximum atomic E-state index is 12.5. The van der Waals surface area contributed by atoms with Crippen molar-refractivity contribution in [2.45, 2.75) is 0 Å². The van der Waals surface area contributed by atoms with Crippen LogP contribution in [0, 0.1) is 0 Å². The van der Waals surface area contributed by atoms with Gasteiger partial charge in [-0.3, -0.25) is 9.59 Å². The number of pyridine rings is 1. The van der Waals surface area contributed by atoms with E-state index in [9.17, 15) is 9.59 Å². The molecule has 0 radical (unpaired) electrons. The van der Waals surface area contributed by atoms with Crippen molar-refractivity contribution in [3.05, 3.63) is 70.1 Å². The number of carbonyl (C=O) groups is 2. The zero-order valence-corrected chi connectivity index (χ0v) is 18.2. The van der Waals surface area contributed by atoms with Crippen molar-refractivity contribution < 1.29 is 14.3 Å². The van der Waals surface area contributed by atoms with E-state index < -0.39 is 5.91 Å². The van der Waals surface area contributed by atoms with Gasteiger partial charge in [0.2, 0.25) is 0 Å². The fraction of sp³-hybridized carbons (Fsp3) is 0.190. The third kappa shape index (κ3) is 5.13. The van der Waals surface area contributed by atoms with Gasteiger partial charge in [-0.05, 0) is 24.3 Å². The molecule has 2 aromatic heterocycles. The van der Waals surface area contributed by atoms with Crippen LogP contribution in [0.25, 0.3) is 0 Å². The zero-order valence-electron chi connectivity index (χ0n) is 16.7. The minimum Gasteiger partial charge on any atom is -0.378 e. The van der Waals surface area contributed by atoms with Gasteiger partial charge in [-0.25, -0.2) is 15.0 Å². The Bertz CT molecular complexity index is 1120. The lowest BCUT2D eigenvalue weighted by Gasteiger charge is -2.26. The van der Waals surface area contributed by atoms with E-state index in [1.54, 1.807) is 35.2 Å². The monoisotopic (exact) mass is 472 g/mol. The van der Waals surface area contributed by atoms with Crippen molar-refractivity contribution in [1.82, 2.24) is 19.9 Å². The van der Waals surface area contributed by atoms with Crippen molar-refractivity contribution in [2.24, 2.45) is 0 Å². The summed E-state index contributed by atoms with van der Waals surface area (Å²) in [6.45, 7) is 2.20. The Labute approximate surface area is 193 Å². The number of amides is 2. The van der Waals surface area contributed by atoms with E-state index >= 15 is 0 Å². The number of aromatic nitrogens is 3. The van der Waals surface area contributed by atoms with Gasteiger partial charge in [0, 0.05) is 25.4 Å². The first-order valence-electron chi connectivity index (χ1n) is 9.69. The molecule has 3 heterocycles. The Morgan fingerprint density at radius 3 is 2.34 bits per heavy atom. The molecule has 1 aliphatic rings. The van der Waals surface area contributed by atoms with Gasteiger partial charge in [0.05, 0.1) is 34.4 Å². The fourth-order valence-electron chi connectivity index (χ4n) is 3.06. The molecular formula is C21H18Cl2N6O3. The first-order chi connectivity index (χ1) is 15.5. The van der Waals surface area contributed by atoms with Gasteiger partial charge in [-0.15, -0.1) is 0 Å². The predicted molar refractivity (Wildman–Crippen MR) is 121 cm³/mol. The first-order valence-corrected chi connectivity index (χ1v) is 10.4. The number of ether oxygens (including phenoxy) is 1. The summed E-state index contributed by atoms with van der Waals surface area (Å²) in [6.07, 6.45) is 2.80. The SMILES string of the molecule is O=C(Nc1cc(Nc2ccc(C(=O)N3CCOCC3)cn2)ncn1)c1c(Cl)cccc1Cl. The third-order valence-corrected chi connectivity index (χ3v) is 5.29. The lowest BCUT2D eigenvalue weighted by molar-refractivity contribution is 0.0302. The molecule has 0 unspecified atom stereocenters. The largest absolute Gasteiger partial charge is 0.378 e. The van der Waals surface area contributed by atoms with Crippen molar-refractivity contribution in [2.75, 3.05) is 36.9 Å². The van der Waals surface area contributed by atoms with Gasteiger partial charge in [-0.1, -0.05) is 29.3 Å². The van der Waals surface area contributed by atoms with Crippen LogP contribution in [0.2, 0.25) is 10.0 Å². The lowest BCUT2D eigenvalue weighted by atomic mass is 10.2. The van der Waals surface area contributed by atoms with E-state index in [1.807, 2.05) is 0 Å². The van der Waals surface area contributed by atoms with Crippen LogP contribution in [-0.4, -0.2) is 58.0 Å². The number of morpholine rings is 1. The van der Waals surface area contributed by atoms with Crippen LogP contribution in [0.3, 0.4) is 0 Å². The molecule has 0 saturated carbocycles. The number of carbonyl (C=O) groups excluding carboxylic acids is 2. The van der Waals surface area contributed by atoms with Crippen LogP contribution in [0.1, 0.15) is 20.7 Å². The Hall–Kier alpha value is -3.27. The number of halogens is 2. The van der Waals surface area contributed by atoms with E-state index in [2.05, 4.69) is 25.6 Å². The quantitative estimate of drug-likeness (QED) is 0.582. The molecule has 11 heteroatoms. The molecular weight excluding hydrogens is 455 g/mol. The van der Waals surface area contributed by atoms with E-state index in [0.29, 0.717) is 43.5 Å². The number of anilines is 3. The lowest BCUT2D eigenvalue weighted by Crippen LogP contribution is -2.40. The number of benzene rings is 1. The molecule has 1 aliphatic heterocycles. The smallest absolute Gasteiger partial charge is 0.259 e. The molecule has 164 valence electrons. The minimum absolute atomic E-state index is 0.0855. The van der Waals surface area contributed by atoms with Crippen LogP contribution >= 0.6 is 23.2 Å². The summed E-state index contributed by atoms with van der Waals surface area (Å²) in [5.41, 5.74) is 0.649. The highest BCUT2D eigenvalue weighted by atomic mass is 35.5. The Balaban J connectivity index is 1.42. The van der Waals surface area contributed by atoms with Crippen LogP contribution in [-0.2, 0) is 4.74 Å². The standard InChI is InChI=1S/C21H18Cl2N6O3/c22-14-2-1-3-15(23)19(14)20(30)28-18-10-17(25-12-26-18)27-16-5-4-13(11-24-16)21(31)29-6-8-32-9-7-29/h1-5,10-12H,6-9H2,(H2,24,25,26,27,28,30). The summed E-state index contributed by atoms with van der Waals surface area (Å²) < 4.78 is 5.27.